The normalized spacial score (nSPS) is 11.2. The summed E-state index contributed by atoms with van der Waals surface area (Å²) < 4.78 is 12.1. The first-order chi connectivity index (χ1) is 11.2. The number of ether oxygens (including phenoxy) is 2. The third-order valence-electron chi connectivity index (χ3n) is 3.04. The van der Waals surface area contributed by atoms with Gasteiger partial charge in [-0.2, -0.15) is 0 Å². The quantitative estimate of drug-likeness (QED) is 0.604. The second kappa shape index (κ2) is 8.04. The van der Waals surface area contributed by atoms with Crippen LogP contribution in [-0.2, 0) is 22.6 Å². The highest BCUT2D eigenvalue weighted by Crippen LogP contribution is 2.24. The van der Waals surface area contributed by atoms with Crippen LogP contribution in [0.5, 0.6) is 5.75 Å². The number of hydrogen-bond acceptors (Lipinski definition) is 3. The molecule has 0 atom stereocenters. The van der Waals surface area contributed by atoms with Crippen LogP contribution in [0.3, 0.4) is 0 Å². The standard InChI is InChI=1S/C19H20BrClO3/c1-19(2,3)24-18(22)10-14-6-4-5-7-17(14)23-12-13-8-15(20)11-16(21)9-13/h4-9,11H,10,12H2,1-3H3. The van der Waals surface area contributed by atoms with E-state index >= 15 is 0 Å². The van der Waals surface area contributed by atoms with Crippen molar-refractivity contribution in [1.29, 1.82) is 0 Å². The molecule has 0 heterocycles. The lowest BCUT2D eigenvalue weighted by Crippen LogP contribution is -2.25. The van der Waals surface area contributed by atoms with Gasteiger partial charge in [-0.15, -0.1) is 0 Å². The molecular weight excluding hydrogens is 392 g/mol. The van der Waals surface area contributed by atoms with E-state index in [1.54, 1.807) is 0 Å². The molecule has 0 aromatic heterocycles. The first kappa shape index (κ1) is 18.8. The molecule has 0 N–H and O–H groups in total. The van der Waals surface area contributed by atoms with Gasteiger partial charge >= 0.3 is 5.97 Å². The van der Waals surface area contributed by atoms with Gasteiger partial charge in [0, 0.05) is 15.1 Å². The summed E-state index contributed by atoms with van der Waals surface area (Å²) in [6.45, 7) is 5.92. The fraction of sp³-hybridized carbons (Fsp3) is 0.316. The van der Waals surface area contributed by atoms with Gasteiger partial charge in [-0.25, -0.2) is 0 Å². The fourth-order valence-electron chi connectivity index (χ4n) is 2.18. The van der Waals surface area contributed by atoms with Crippen LogP contribution >= 0.6 is 27.5 Å². The van der Waals surface area contributed by atoms with E-state index in [0.29, 0.717) is 17.4 Å². The van der Waals surface area contributed by atoms with Crippen molar-refractivity contribution in [2.75, 3.05) is 0 Å². The molecular formula is C19H20BrClO3. The Kier molecular flexibility index (Phi) is 6.30. The summed E-state index contributed by atoms with van der Waals surface area (Å²) in [6.07, 6.45) is 0.173. The van der Waals surface area contributed by atoms with Crippen LogP contribution in [0.15, 0.2) is 46.9 Å². The molecule has 0 spiro atoms. The lowest BCUT2D eigenvalue weighted by Gasteiger charge is -2.20. The van der Waals surface area contributed by atoms with Gasteiger partial charge in [-0.1, -0.05) is 45.7 Å². The Labute approximate surface area is 156 Å². The van der Waals surface area contributed by atoms with Crippen molar-refractivity contribution in [3.05, 3.63) is 63.1 Å². The summed E-state index contributed by atoms with van der Waals surface area (Å²) >= 11 is 9.46. The minimum Gasteiger partial charge on any atom is -0.489 e. The van der Waals surface area contributed by atoms with Crippen LogP contribution in [0.2, 0.25) is 5.02 Å². The van der Waals surface area contributed by atoms with Crippen LogP contribution in [-0.4, -0.2) is 11.6 Å². The van der Waals surface area contributed by atoms with Crippen molar-refractivity contribution < 1.29 is 14.3 Å². The molecule has 0 saturated heterocycles. The average molecular weight is 412 g/mol. The number of carbonyl (C=O) groups is 1. The highest BCUT2D eigenvalue weighted by Gasteiger charge is 2.18. The lowest BCUT2D eigenvalue weighted by atomic mass is 10.1. The van der Waals surface area contributed by atoms with Crippen LogP contribution in [0.1, 0.15) is 31.9 Å². The van der Waals surface area contributed by atoms with Crippen molar-refractivity contribution in [1.82, 2.24) is 0 Å². The zero-order chi connectivity index (χ0) is 17.7. The van der Waals surface area contributed by atoms with Gasteiger partial charge in [-0.3, -0.25) is 4.79 Å². The predicted octanol–water partition coefficient (Wildman–Crippen LogP) is 5.57. The van der Waals surface area contributed by atoms with Gasteiger partial charge in [0.15, 0.2) is 0 Å². The molecule has 0 aliphatic heterocycles. The fourth-order valence-corrected chi connectivity index (χ4v) is 3.11. The Morgan fingerprint density at radius 1 is 1.17 bits per heavy atom. The van der Waals surface area contributed by atoms with Crippen LogP contribution in [0, 0.1) is 0 Å². The van der Waals surface area contributed by atoms with Gasteiger partial charge in [0.25, 0.3) is 0 Å². The number of rotatable bonds is 5. The van der Waals surface area contributed by atoms with Crippen molar-refractivity contribution in [3.8, 4) is 5.75 Å². The third kappa shape index (κ3) is 6.17. The molecule has 2 aromatic carbocycles. The van der Waals surface area contributed by atoms with E-state index in [-0.39, 0.29) is 12.4 Å². The first-order valence-electron chi connectivity index (χ1n) is 7.60. The highest BCUT2D eigenvalue weighted by atomic mass is 79.9. The molecule has 0 radical (unpaired) electrons. The molecule has 0 unspecified atom stereocenters. The predicted molar refractivity (Wildman–Crippen MR) is 99.5 cm³/mol. The van der Waals surface area contributed by atoms with Crippen LogP contribution < -0.4 is 4.74 Å². The topological polar surface area (TPSA) is 35.5 Å². The molecule has 0 bridgehead atoms. The summed E-state index contributed by atoms with van der Waals surface area (Å²) in [5.41, 5.74) is 1.24. The third-order valence-corrected chi connectivity index (χ3v) is 3.72. The van der Waals surface area contributed by atoms with Crippen LogP contribution in [0.4, 0.5) is 0 Å². The average Bonchev–Trinajstić information content (AvgIpc) is 2.43. The van der Waals surface area contributed by atoms with Gasteiger partial charge in [0.05, 0.1) is 6.42 Å². The van der Waals surface area contributed by atoms with Gasteiger partial charge in [-0.05, 0) is 50.6 Å². The number of para-hydroxylation sites is 1. The number of halogens is 2. The molecule has 2 aromatic rings. The molecule has 0 fully saturated rings. The zero-order valence-electron chi connectivity index (χ0n) is 13.9. The van der Waals surface area contributed by atoms with Crippen molar-refractivity contribution in [3.63, 3.8) is 0 Å². The Balaban J connectivity index is 2.07. The molecule has 0 aliphatic carbocycles. The maximum atomic E-state index is 12.0. The van der Waals surface area contributed by atoms with E-state index in [2.05, 4.69) is 15.9 Å². The molecule has 0 saturated carbocycles. The smallest absolute Gasteiger partial charge is 0.310 e. The maximum absolute atomic E-state index is 12.0. The van der Waals surface area contributed by atoms with E-state index in [0.717, 1.165) is 15.6 Å². The molecule has 0 amide bonds. The second-order valence-electron chi connectivity index (χ2n) is 6.44. The van der Waals surface area contributed by atoms with E-state index in [9.17, 15) is 4.79 Å². The highest BCUT2D eigenvalue weighted by molar-refractivity contribution is 9.10. The summed E-state index contributed by atoms with van der Waals surface area (Å²) in [7, 11) is 0. The number of esters is 1. The van der Waals surface area contributed by atoms with E-state index < -0.39 is 5.60 Å². The summed E-state index contributed by atoms with van der Waals surface area (Å²) in [4.78, 5) is 12.0. The van der Waals surface area contributed by atoms with Crippen molar-refractivity contribution in [2.45, 2.75) is 39.4 Å². The van der Waals surface area contributed by atoms with Gasteiger partial charge < -0.3 is 9.47 Å². The molecule has 0 aliphatic rings. The minimum absolute atomic E-state index is 0.173. The Morgan fingerprint density at radius 3 is 2.54 bits per heavy atom. The first-order valence-corrected chi connectivity index (χ1v) is 8.77. The number of hydrogen-bond donors (Lipinski definition) is 0. The SMILES string of the molecule is CC(C)(C)OC(=O)Cc1ccccc1OCc1cc(Cl)cc(Br)c1. The molecule has 3 nitrogen and oxygen atoms in total. The van der Waals surface area contributed by atoms with Crippen LogP contribution in [0.25, 0.3) is 0 Å². The molecule has 5 heteroatoms. The molecule has 2 rings (SSSR count). The van der Waals surface area contributed by atoms with Crippen molar-refractivity contribution >= 4 is 33.5 Å². The molecule has 24 heavy (non-hydrogen) atoms. The number of benzene rings is 2. The molecule has 128 valence electrons. The minimum atomic E-state index is -0.500. The lowest BCUT2D eigenvalue weighted by molar-refractivity contribution is -0.153. The van der Waals surface area contributed by atoms with E-state index in [1.807, 2.05) is 63.2 Å². The summed E-state index contributed by atoms with van der Waals surface area (Å²) in [5.74, 6) is 0.392. The number of carbonyl (C=O) groups excluding carboxylic acids is 1. The Bertz CT molecular complexity index is 703. The largest absolute Gasteiger partial charge is 0.489 e. The second-order valence-corrected chi connectivity index (χ2v) is 7.79. The van der Waals surface area contributed by atoms with E-state index in [1.165, 1.54) is 0 Å². The van der Waals surface area contributed by atoms with Crippen molar-refractivity contribution in [2.24, 2.45) is 0 Å². The van der Waals surface area contributed by atoms with Gasteiger partial charge in [0.2, 0.25) is 0 Å². The monoisotopic (exact) mass is 410 g/mol. The Hall–Kier alpha value is -1.52. The maximum Gasteiger partial charge on any atom is 0.310 e. The summed E-state index contributed by atoms with van der Waals surface area (Å²) in [6, 6.07) is 13.1. The van der Waals surface area contributed by atoms with E-state index in [4.69, 9.17) is 21.1 Å². The van der Waals surface area contributed by atoms with Gasteiger partial charge in [0.1, 0.15) is 18.0 Å². The zero-order valence-corrected chi connectivity index (χ0v) is 16.3. The Morgan fingerprint density at radius 2 is 1.88 bits per heavy atom. The summed E-state index contributed by atoms with van der Waals surface area (Å²) in [5, 5.41) is 0.644.